The molecule has 4 heteroatoms. The molecule has 1 rings (SSSR count). The fraction of sp³-hybridized carbons (Fsp3) is 0.200. The van der Waals surface area contributed by atoms with E-state index in [4.69, 9.17) is 6.42 Å². The Hall–Kier alpha value is -1.86. The van der Waals surface area contributed by atoms with E-state index in [1.807, 2.05) is 6.07 Å². The van der Waals surface area contributed by atoms with Crippen LogP contribution in [0.15, 0.2) is 30.3 Å². The molecule has 14 heavy (non-hydrogen) atoms. The Labute approximate surface area is 82.1 Å². The minimum Gasteiger partial charge on any atom is -0.262 e. The number of terminal acetylenes is 1. The van der Waals surface area contributed by atoms with Crippen LogP contribution in [0.1, 0.15) is 11.7 Å². The van der Waals surface area contributed by atoms with Crippen molar-refractivity contribution in [3.05, 3.63) is 46.0 Å². The molecule has 0 spiro atoms. The third kappa shape index (κ3) is 2.57. The van der Waals surface area contributed by atoms with Crippen LogP contribution in [0.5, 0.6) is 0 Å². The second kappa shape index (κ2) is 5.00. The monoisotopic (exact) mass is 190 g/mol. The van der Waals surface area contributed by atoms with Crippen LogP contribution in [0, 0.1) is 22.5 Å². The van der Waals surface area contributed by atoms with E-state index in [2.05, 4.69) is 11.2 Å². The van der Waals surface area contributed by atoms with Crippen LogP contribution in [-0.4, -0.2) is 11.5 Å². The normalized spacial score (nSPS) is 11.6. The van der Waals surface area contributed by atoms with Gasteiger partial charge >= 0.3 is 0 Å². The Balaban J connectivity index is 2.79. The van der Waals surface area contributed by atoms with Gasteiger partial charge in [0.25, 0.3) is 6.17 Å². The SMILES string of the molecule is C#CCNC(c1ccccc1)[N+](=O)[O-]. The van der Waals surface area contributed by atoms with E-state index in [9.17, 15) is 10.1 Å². The molecule has 72 valence electrons. The van der Waals surface area contributed by atoms with Gasteiger partial charge in [0.15, 0.2) is 0 Å². The van der Waals surface area contributed by atoms with Crippen molar-refractivity contribution in [3.8, 4) is 12.3 Å². The van der Waals surface area contributed by atoms with Crippen molar-refractivity contribution in [1.29, 1.82) is 0 Å². The summed E-state index contributed by atoms with van der Waals surface area (Å²) < 4.78 is 0. The van der Waals surface area contributed by atoms with E-state index in [0.717, 1.165) is 0 Å². The largest absolute Gasteiger partial charge is 0.292 e. The Morgan fingerprint density at radius 3 is 2.64 bits per heavy atom. The molecular weight excluding hydrogens is 180 g/mol. The molecule has 0 aliphatic rings. The first-order valence-electron chi connectivity index (χ1n) is 4.11. The van der Waals surface area contributed by atoms with E-state index in [1.165, 1.54) is 0 Å². The number of benzene rings is 1. The van der Waals surface area contributed by atoms with Crippen LogP contribution < -0.4 is 5.32 Å². The van der Waals surface area contributed by atoms with Crippen LogP contribution >= 0.6 is 0 Å². The minimum absolute atomic E-state index is 0.181. The molecule has 0 radical (unpaired) electrons. The molecule has 1 aromatic carbocycles. The lowest BCUT2D eigenvalue weighted by Crippen LogP contribution is -2.28. The summed E-state index contributed by atoms with van der Waals surface area (Å²) in [4.78, 5) is 10.3. The van der Waals surface area contributed by atoms with E-state index in [1.54, 1.807) is 24.3 Å². The summed E-state index contributed by atoms with van der Waals surface area (Å²) in [6.07, 6.45) is 4.10. The van der Waals surface area contributed by atoms with Crippen molar-refractivity contribution in [3.63, 3.8) is 0 Å². The zero-order chi connectivity index (χ0) is 10.4. The predicted molar refractivity (Wildman–Crippen MR) is 53.0 cm³/mol. The van der Waals surface area contributed by atoms with Gasteiger partial charge in [-0.3, -0.25) is 10.1 Å². The molecule has 0 aliphatic carbocycles. The summed E-state index contributed by atoms with van der Waals surface area (Å²) in [6.45, 7) is 0.181. The Morgan fingerprint density at radius 2 is 2.14 bits per heavy atom. The number of rotatable bonds is 4. The molecule has 0 heterocycles. The van der Waals surface area contributed by atoms with Crippen molar-refractivity contribution in [2.24, 2.45) is 0 Å². The highest BCUT2D eigenvalue weighted by atomic mass is 16.6. The van der Waals surface area contributed by atoms with Crippen LogP contribution in [-0.2, 0) is 0 Å². The van der Waals surface area contributed by atoms with Gasteiger partial charge in [-0.25, -0.2) is 5.32 Å². The number of nitrogens with one attached hydrogen (secondary N) is 1. The summed E-state index contributed by atoms with van der Waals surface area (Å²) in [6, 6.07) is 8.70. The lowest BCUT2D eigenvalue weighted by Gasteiger charge is -2.08. The Bertz CT molecular complexity index is 343. The summed E-state index contributed by atoms with van der Waals surface area (Å²) in [5.41, 5.74) is 0.604. The van der Waals surface area contributed by atoms with Gasteiger partial charge in [0, 0.05) is 10.5 Å². The third-order valence-electron chi connectivity index (χ3n) is 1.72. The number of hydrogen-bond donors (Lipinski definition) is 1. The maximum absolute atomic E-state index is 10.7. The van der Waals surface area contributed by atoms with E-state index in [0.29, 0.717) is 5.56 Å². The molecule has 0 saturated carbocycles. The van der Waals surface area contributed by atoms with Crippen LogP contribution in [0.4, 0.5) is 0 Å². The second-order valence-electron chi connectivity index (χ2n) is 2.68. The van der Waals surface area contributed by atoms with Gasteiger partial charge in [-0.05, 0) is 0 Å². The van der Waals surface area contributed by atoms with E-state index in [-0.39, 0.29) is 6.54 Å². The van der Waals surface area contributed by atoms with Gasteiger partial charge in [0.1, 0.15) is 0 Å². The molecule has 0 amide bonds. The number of nitro groups is 1. The molecule has 0 fully saturated rings. The average molecular weight is 190 g/mol. The number of hydrogen-bond acceptors (Lipinski definition) is 3. The van der Waals surface area contributed by atoms with Crippen LogP contribution in [0.3, 0.4) is 0 Å². The quantitative estimate of drug-likeness (QED) is 0.336. The smallest absolute Gasteiger partial charge is 0.262 e. The van der Waals surface area contributed by atoms with Gasteiger partial charge in [-0.15, -0.1) is 6.42 Å². The van der Waals surface area contributed by atoms with Gasteiger partial charge in [0.2, 0.25) is 0 Å². The molecule has 1 aromatic rings. The molecule has 1 N–H and O–H groups in total. The summed E-state index contributed by atoms with van der Waals surface area (Å²) in [5, 5.41) is 13.3. The van der Waals surface area contributed by atoms with Crippen molar-refractivity contribution in [1.82, 2.24) is 5.32 Å². The highest BCUT2D eigenvalue weighted by Crippen LogP contribution is 2.11. The Morgan fingerprint density at radius 1 is 1.50 bits per heavy atom. The topological polar surface area (TPSA) is 55.2 Å². The standard InChI is InChI=1S/C10H10N2O2/c1-2-8-11-10(12(13)14)9-6-4-3-5-7-9/h1,3-7,10-11H,8H2. The minimum atomic E-state index is -0.924. The van der Waals surface area contributed by atoms with Crippen molar-refractivity contribution >= 4 is 0 Å². The summed E-state index contributed by atoms with van der Waals surface area (Å²) >= 11 is 0. The van der Waals surface area contributed by atoms with Gasteiger partial charge in [-0.2, -0.15) is 0 Å². The van der Waals surface area contributed by atoms with Crippen molar-refractivity contribution in [2.75, 3.05) is 6.54 Å². The molecule has 0 aromatic heterocycles. The highest BCUT2D eigenvalue weighted by Gasteiger charge is 2.20. The zero-order valence-corrected chi connectivity index (χ0v) is 7.51. The van der Waals surface area contributed by atoms with Crippen LogP contribution in [0.25, 0.3) is 0 Å². The van der Waals surface area contributed by atoms with Gasteiger partial charge < -0.3 is 0 Å². The second-order valence-corrected chi connectivity index (χ2v) is 2.68. The van der Waals surface area contributed by atoms with Gasteiger partial charge in [-0.1, -0.05) is 36.3 Å². The molecular formula is C10H10N2O2. The molecule has 1 unspecified atom stereocenters. The van der Waals surface area contributed by atoms with Crippen LogP contribution in [0.2, 0.25) is 0 Å². The molecule has 1 atom stereocenters. The average Bonchev–Trinajstić information content (AvgIpc) is 2.19. The first kappa shape index (κ1) is 10.2. The van der Waals surface area contributed by atoms with E-state index < -0.39 is 11.1 Å². The highest BCUT2D eigenvalue weighted by molar-refractivity contribution is 5.17. The predicted octanol–water partition coefficient (Wildman–Crippen LogP) is 1.18. The van der Waals surface area contributed by atoms with E-state index >= 15 is 0 Å². The summed E-state index contributed by atoms with van der Waals surface area (Å²) in [5.74, 6) is 2.31. The maximum atomic E-state index is 10.7. The lowest BCUT2D eigenvalue weighted by molar-refractivity contribution is -0.535. The van der Waals surface area contributed by atoms with Gasteiger partial charge in [0.05, 0.1) is 6.54 Å². The maximum Gasteiger partial charge on any atom is 0.292 e. The molecule has 0 aliphatic heterocycles. The lowest BCUT2D eigenvalue weighted by atomic mass is 10.2. The molecule has 0 saturated heterocycles. The van der Waals surface area contributed by atoms with Crippen molar-refractivity contribution < 1.29 is 4.92 Å². The fourth-order valence-corrected chi connectivity index (χ4v) is 1.11. The molecule has 4 nitrogen and oxygen atoms in total. The molecule has 0 bridgehead atoms. The fourth-order valence-electron chi connectivity index (χ4n) is 1.11. The van der Waals surface area contributed by atoms with Crippen molar-refractivity contribution in [2.45, 2.75) is 6.17 Å². The zero-order valence-electron chi connectivity index (χ0n) is 7.51. The first-order chi connectivity index (χ1) is 6.75. The Kier molecular flexibility index (Phi) is 3.65. The third-order valence-corrected chi connectivity index (χ3v) is 1.72. The summed E-state index contributed by atoms with van der Waals surface area (Å²) in [7, 11) is 0. The number of nitrogens with zero attached hydrogens (tertiary/aromatic N) is 1. The first-order valence-corrected chi connectivity index (χ1v) is 4.11.